The molecule has 1 heterocycles. The number of carbonyl (C=O) groups is 2. The van der Waals surface area contributed by atoms with Crippen molar-refractivity contribution in [3.63, 3.8) is 0 Å². The van der Waals surface area contributed by atoms with Crippen LogP contribution in [0.2, 0.25) is 0 Å². The number of nitrogens with zero attached hydrogens (tertiary/aromatic N) is 2. The number of fused-ring (bicyclic) bond motifs is 1. The van der Waals surface area contributed by atoms with Crippen LogP contribution in [-0.2, 0) is 16.0 Å². The first-order valence-electron chi connectivity index (χ1n) is 8.41. The normalized spacial score (nSPS) is 12.3. The van der Waals surface area contributed by atoms with Crippen molar-refractivity contribution in [1.29, 1.82) is 0 Å². The van der Waals surface area contributed by atoms with Gasteiger partial charge in [0.05, 0.1) is 0 Å². The molecular formula is C19H25N3O3. The highest BCUT2D eigenvalue weighted by atomic mass is 16.4. The van der Waals surface area contributed by atoms with Gasteiger partial charge in [0.2, 0.25) is 6.41 Å². The summed E-state index contributed by atoms with van der Waals surface area (Å²) in [4.78, 5) is 28.6. The summed E-state index contributed by atoms with van der Waals surface area (Å²) in [6.07, 6.45) is 3.29. The summed E-state index contributed by atoms with van der Waals surface area (Å²) >= 11 is 0. The quantitative estimate of drug-likeness (QED) is 0.718. The molecule has 0 fully saturated rings. The molecule has 25 heavy (non-hydrogen) atoms. The number of carbonyl (C=O) groups excluding carboxylic acids is 1. The van der Waals surface area contributed by atoms with Gasteiger partial charge in [-0.2, -0.15) is 0 Å². The number of nitrogen functional groups attached to an aromatic ring is 1. The highest BCUT2D eigenvalue weighted by molar-refractivity contribution is 5.92. The average Bonchev–Trinajstić information content (AvgIpc) is 2.55. The van der Waals surface area contributed by atoms with Crippen molar-refractivity contribution in [2.75, 3.05) is 12.3 Å². The number of rotatable bonds is 8. The van der Waals surface area contributed by atoms with E-state index >= 15 is 0 Å². The third-order valence-electron chi connectivity index (χ3n) is 4.45. The van der Waals surface area contributed by atoms with E-state index in [2.05, 4.69) is 4.98 Å². The van der Waals surface area contributed by atoms with Gasteiger partial charge in [-0.1, -0.05) is 19.9 Å². The first-order valence-corrected chi connectivity index (χ1v) is 8.41. The topological polar surface area (TPSA) is 96.5 Å². The zero-order valence-corrected chi connectivity index (χ0v) is 14.9. The Morgan fingerprint density at radius 1 is 1.40 bits per heavy atom. The van der Waals surface area contributed by atoms with Crippen LogP contribution in [0.15, 0.2) is 24.4 Å². The second kappa shape index (κ2) is 7.96. The van der Waals surface area contributed by atoms with E-state index in [1.807, 2.05) is 39.0 Å². The number of carboxylic acids is 1. The molecule has 1 aromatic heterocycles. The zero-order chi connectivity index (χ0) is 18.6. The molecule has 3 N–H and O–H groups in total. The maximum atomic E-state index is 11.7. The van der Waals surface area contributed by atoms with Gasteiger partial charge in [-0.05, 0) is 47.9 Å². The van der Waals surface area contributed by atoms with Crippen LogP contribution in [-0.4, -0.2) is 40.0 Å². The van der Waals surface area contributed by atoms with Crippen LogP contribution in [0.5, 0.6) is 0 Å². The van der Waals surface area contributed by atoms with E-state index < -0.39 is 12.0 Å². The van der Waals surface area contributed by atoms with Gasteiger partial charge >= 0.3 is 5.97 Å². The first-order chi connectivity index (χ1) is 11.8. The minimum Gasteiger partial charge on any atom is -0.480 e. The Bertz CT molecular complexity index is 774. The van der Waals surface area contributed by atoms with Crippen LogP contribution in [0.4, 0.5) is 5.82 Å². The lowest BCUT2D eigenvalue weighted by molar-refractivity contribution is -0.146. The Labute approximate surface area is 147 Å². The highest BCUT2D eigenvalue weighted by Gasteiger charge is 2.25. The molecule has 0 bridgehead atoms. The van der Waals surface area contributed by atoms with Crippen LogP contribution >= 0.6 is 0 Å². The summed E-state index contributed by atoms with van der Waals surface area (Å²) in [5.74, 6) is -0.146. The molecule has 0 saturated heterocycles. The van der Waals surface area contributed by atoms with Crippen molar-refractivity contribution < 1.29 is 14.7 Å². The first kappa shape index (κ1) is 18.7. The molecule has 0 radical (unpaired) electrons. The van der Waals surface area contributed by atoms with Crippen molar-refractivity contribution in [2.45, 2.75) is 39.7 Å². The zero-order valence-electron chi connectivity index (χ0n) is 14.9. The van der Waals surface area contributed by atoms with Crippen molar-refractivity contribution in [2.24, 2.45) is 5.92 Å². The van der Waals surface area contributed by atoms with Crippen molar-refractivity contribution in [1.82, 2.24) is 9.88 Å². The number of benzene rings is 1. The fourth-order valence-electron chi connectivity index (χ4n) is 2.86. The van der Waals surface area contributed by atoms with Gasteiger partial charge in [-0.25, -0.2) is 9.78 Å². The molecule has 0 aliphatic rings. The van der Waals surface area contributed by atoms with E-state index in [0.29, 0.717) is 24.7 Å². The minimum atomic E-state index is -0.996. The molecule has 0 saturated carbocycles. The lowest BCUT2D eigenvalue weighted by Gasteiger charge is -2.26. The maximum absolute atomic E-state index is 11.7. The van der Waals surface area contributed by atoms with E-state index in [-0.39, 0.29) is 6.42 Å². The van der Waals surface area contributed by atoms with E-state index in [9.17, 15) is 14.7 Å². The molecule has 1 atom stereocenters. The lowest BCUT2D eigenvalue weighted by atomic mass is 9.96. The van der Waals surface area contributed by atoms with Crippen LogP contribution in [0.25, 0.3) is 10.8 Å². The number of aliphatic carboxylic acids is 1. The standard InChI is InChI=1S/C19H25N3O3/c1-12(2)5-7-22(11-23)17(19(24)25)10-15-9-14-4-6-21-18(20)16(14)8-13(15)3/h4,6,8-9,11-12,17H,5,7,10H2,1-3H3,(H2,20,21)(H,24,25). The summed E-state index contributed by atoms with van der Waals surface area (Å²) in [6.45, 7) is 6.44. The predicted molar refractivity (Wildman–Crippen MR) is 98.2 cm³/mol. The summed E-state index contributed by atoms with van der Waals surface area (Å²) < 4.78 is 0. The molecule has 1 unspecified atom stereocenters. The van der Waals surface area contributed by atoms with Gasteiger partial charge in [-0.3, -0.25) is 4.79 Å². The van der Waals surface area contributed by atoms with Crippen LogP contribution in [0.3, 0.4) is 0 Å². The van der Waals surface area contributed by atoms with E-state index in [1.165, 1.54) is 4.90 Å². The van der Waals surface area contributed by atoms with E-state index in [0.717, 1.165) is 28.3 Å². The molecule has 2 aromatic rings. The molecule has 2 rings (SSSR count). The second-order valence-corrected chi connectivity index (χ2v) is 6.78. The minimum absolute atomic E-state index is 0.260. The molecule has 6 nitrogen and oxygen atoms in total. The number of anilines is 1. The number of amides is 1. The van der Waals surface area contributed by atoms with Gasteiger partial charge < -0.3 is 15.7 Å². The number of nitrogens with two attached hydrogens (primary N) is 1. The van der Waals surface area contributed by atoms with E-state index in [1.54, 1.807) is 6.20 Å². The van der Waals surface area contributed by atoms with Crippen molar-refractivity contribution in [3.8, 4) is 0 Å². The Morgan fingerprint density at radius 2 is 2.12 bits per heavy atom. The van der Waals surface area contributed by atoms with Gasteiger partial charge in [0.25, 0.3) is 0 Å². The van der Waals surface area contributed by atoms with Crippen molar-refractivity contribution >= 4 is 29.0 Å². The molecule has 0 aliphatic carbocycles. The maximum Gasteiger partial charge on any atom is 0.326 e. The van der Waals surface area contributed by atoms with Crippen LogP contribution in [0.1, 0.15) is 31.4 Å². The molecule has 6 heteroatoms. The third-order valence-corrected chi connectivity index (χ3v) is 4.45. The fraction of sp³-hybridized carbons (Fsp3) is 0.421. The number of hydrogen-bond acceptors (Lipinski definition) is 4. The average molecular weight is 343 g/mol. The Hall–Kier alpha value is -2.63. The third kappa shape index (κ3) is 4.47. The van der Waals surface area contributed by atoms with E-state index in [4.69, 9.17) is 5.73 Å². The Balaban J connectivity index is 2.32. The summed E-state index contributed by atoms with van der Waals surface area (Å²) in [6, 6.07) is 4.82. The molecule has 0 spiro atoms. The number of pyridine rings is 1. The lowest BCUT2D eigenvalue weighted by Crippen LogP contribution is -2.42. The SMILES string of the molecule is Cc1cc2c(N)nccc2cc1CC(C(=O)O)N(C=O)CCC(C)C. The molecule has 1 amide bonds. The molecule has 1 aromatic carbocycles. The fourth-order valence-corrected chi connectivity index (χ4v) is 2.86. The van der Waals surface area contributed by atoms with Gasteiger partial charge in [0.1, 0.15) is 11.9 Å². The number of carboxylic acid groups (broad SMARTS) is 1. The van der Waals surface area contributed by atoms with Crippen LogP contribution < -0.4 is 5.73 Å². The highest BCUT2D eigenvalue weighted by Crippen LogP contribution is 2.24. The molecular weight excluding hydrogens is 318 g/mol. The number of aryl methyl sites for hydroxylation is 1. The predicted octanol–water partition coefficient (Wildman–Crippen LogP) is 2.63. The summed E-state index contributed by atoms with van der Waals surface area (Å²) in [5.41, 5.74) is 7.73. The van der Waals surface area contributed by atoms with Gasteiger partial charge in [0, 0.05) is 24.5 Å². The Morgan fingerprint density at radius 3 is 2.72 bits per heavy atom. The summed E-state index contributed by atoms with van der Waals surface area (Å²) in [5, 5.41) is 11.4. The Kier molecular flexibility index (Phi) is 5.96. The smallest absolute Gasteiger partial charge is 0.326 e. The second-order valence-electron chi connectivity index (χ2n) is 6.78. The van der Waals surface area contributed by atoms with Crippen molar-refractivity contribution in [3.05, 3.63) is 35.5 Å². The van der Waals surface area contributed by atoms with Crippen LogP contribution in [0, 0.1) is 12.8 Å². The monoisotopic (exact) mass is 343 g/mol. The largest absolute Gasteiger partial charge is 0.480 e. The number of hydrogen-bond donors (Lipinski definition) is 2. The van der Waals surface area contributed by atoms with Gasteiger partial charge in [0.15, 0.2) is 0 Å². The number of aromatic nitrogens is 1. The van der Waals surface area contributed by atoms with Gasteiger partial charge in [-0.15, -0.1) is 0 Å². The molecule has 0 aliphatic heterocycles. The summed E-state index contributed by atoms with van der Waals surface area (Å²) in [7, 11) is 0. The molecule has 134 valence electrons.